The molecule has 1 atom stereocenters. The van der Waals surface area contributed by atoms with Crippen LogP contribution < -0.4 is 5.32 Å². The van der Waals surface area contributed by atoms with Gasteiger partial charge >= 0.3 is 0 Å². The third-order valence-corrected chi connectivity index (χ3v) is 4.75. The molecule has 1 nitrogen and oxygen atoms in total. The fourth-order valence-electron chi connectivity index (χ4n) is 2.78. The zero-order valence-electron chi connectivity index (χ0n) is 12.1. The summed E-state index contributed by atoms with van der Waals surface area (Å²) < 4.78 is 0. The summed E-state index contributed by atoms with van der Waals surface area (Å²) in [7, 11) is 2.02. The normalized spacial score (nSPS) is 12.0. The maximum atomic E-state index is 3.28. The highest BCUT2D eigenvalue weighted by atomic mass is 35.5. The van der Waals surface area contributed by atoms with E-state index in [1.807, 2.05) is 18.4 Å². The Morgan fingerprint density at radius 3 is 2.57 bits per heavy atom. The highest BCUT2D eigenvalue weighted by molar-refractivity contribution is 7.10. The number of benzene rings is 2. The summed E-state index contributed by atoms with van der Waals surface area (Å²) >= 11 is 1.86. The lowest BCUT2D eigenvalue weighted by Crippen LogP contribution is -2.12. The van der Waals surface area contributed by atoms with Gasteiger partial charge in [0.2, 0.25) is 0 Å². The van der Waals surface area contributed by atoms with Crippen LogP contribution in [-0.4, -0.2) is 13.6 Å². The largest absolute Gasteiger partial charge is 0.320 e. The molecule has 0 aliphatic rings. The minimum atomic E-state index is 0. The average molecular weight is 318 g/mol. The van der Waals surface area contributed by atoms with Crippen molar-refractivity contribution in [2.45, 2.75) is 12.3 Å². The van der Waals surface area contributed by atoms with E-state index in [0.29, 0.717) is 5.92 Å². The van der Waals surface area contributed by atoms with Crippen molar-refractivity contribution >= 4 is 34.5 Å². The van der Waals surface area contributed by atoms with Gasteiger partial charge in [0, 0.05) is 10.8 Å². The van der Waals surface area contributed by atoms with E-state index in [0.717, 1.165) is 13.0 Å². The number of halogens is 1. The zero-order valence-corrected chi connectivity index (χ0v) is 13.7. The molecule has 2 aromatic carbocycles. The summed E-state index contributed by atoms with van der Waals surface area (Å²) in [4.78, 5) is 1.46. The topological polar surface area (TPSA) is 12.0 Å². The van der Waals surface area contributed by atoms with Crippen molar-refractivity contribution < 1.29 is 0 Å². The smallest absolute Gasteiger partial charge is 0.0202 e. The van der Waals surface area contributed by atoms with Gasteiger partial charge in [0.05, 0.1) is 0 Å². The van der Waals surface area contributed by atoms with E-state index in [4.69, 9.17) is 0 Å². The quantitative estimate of drug-likeness (QED) is 0.693. The molecule has 0 bridgehead atoms. The van der Waals surface area contributed by atoms with Gasteiger partial charge in [-0.15, -0.1) is 23.7 Å². The van der Waals surface area contributed by atoms with E-state index in [1.165, 1.54) is 21.2 Å². The molecule has 3 heteroatoms. The first-order chi connectivity index (χ1) is 9.90. The molecule has 1 unspecified atom stereocenters. The van der Waals surface area contributed by atoms with Gasteiger partial charge in [-0.3, -0.25) is 0 Å². The molecule has 0 radical (unpaired) electrons. The van der Waals surface area contributed by atoms with E-state index >= 15 is 0 Å². The Hall–Kier alpha value is -1.35. The van der Waals surface area contributed by atoms with E-state index in [-0.39, 0.29) is 12.4 Å². The first-order valence-corrected chi connectivity index (χ1v) is 7.94. The molecule has 110 valence electrons. The molecule has 0 aliphatic carbocycles. The second kappa shape index (κ2) is 7.60. The van der Waals surface area contributed by atoms with Gasteiger partial charge in [0.1, 0.15) is 0 Å². The van der Waals surface area contributed by atoms with Crippen molar-refractivity contribution in [3.8, 4) is 0 Å². The number of hydrogen-bond donors (Lipinski definition) is 1. The number of fused-ring (bicyclic) bond motifs is 1. The van der Waals surface area contributed by atoms with Gasteiger partial charge in [-0.2, -0.15) is 0 Å². The Kier molecular flexibility index (Phi) is 5.80. The van der Waals surface area contributed by atoms with Crippen LogP contribution in [-0.2, 0) is 0 Å². The summed E-state index contributed by atoms with van der Waals surface area (Å²) in [5.74, 6) is 0.480. The van der Waals surface area contributed by atoms with Crippen LogP contribution in [0.3, 0.4) is 0 Å². The monoisotopic (exact) mass is 317 g/mol. The van der Waals surface area contributed by atoms with Crippen molar-refractivity contribution in [2.75, 3.05) is 13.6 Å². The zero-order chi connectivity index (χ0) is 13.8. The van der Waals surface area contributed by atoms with Crippen LogP contribution >= 0.6 is 23.7 Å². The second-order valence-corrected chi connectivity index (χ2v) is 6.01. The van der Waals surface area contributed by atoms with Gasteiger partial charge < -0.3 is 5.32 Å². The maximum absolute atomic E-state index is 3.28. The number of nitrogens with one attached hydrogen (secondary N) is 1. The molecule has 3 rings (SSSR count). The van der Waals surface area contributed by atoms with Gasteiger partial charge in [-0.05, 0) is 47.8 Å². The number of hydrogen-bond acceptors (Lipinski definition) is 2. The van der Waals surface area contributed by atoms with Crippen molar-refractivity contribution in [3.63, 3.8) is 0 Å². The summed E-state index contributed by atoms with van der Waals surface area (Å²) in [6.45, 7) is 1.03. The molecule has 3 aromatic rings. The van der Waals surface area contributed by atoms with Crippen molar-refractivity contribution in [1.29, 1.82) is 0 Å². The SMILES string of the molecule is CNCCC(c1cccs1)c1cccc2ccccc12.Cl. The second-order valence-electron chi connectivity index (χ2n) is 5.03. The van der Waals surface area contributed by atoms with Crippen molar-refractivity contribution in [2.24, 2.45) is 0 Å². The minimum absolute atomic E-state index is 0. The van der Waals surface area contributed by atoms with E-state index < -0.39 is 0 Å². The fraction of sp³-hybridized carbons (Fsp3) is 0.222. The first-order valence-electron chi connectivity index (χ1n) is 7.06. The average Bonchev–Trinajstić information content (AvgIpc) is 3.02. The van der Waals surface area contributed by atoms with Gasteiger partial charge in [-0.1, -0.05) is 48.5 Å². The molecule has 0 spiro atoms. The molecule has 1 N–H and O–H groups in total. The predicted molar refractivity (Wildman–Crippen MR) is 95.9 cm³/mol. The van der Waals surface area contributed by atoms with E-state index in [1.54, 1.807) is 0 Å². The standard InChI is InChI=1S/C18H19NS.ClH/c1-19-12-11-17(18-10-5-13-20-18)16-9-4-7-14-6-2-3-8-15(14)16;/h2-10,13,17,19H,11-12H2,1H3;1H. The lowest BCUT2D eigenvalue weighted by Gasteiger charge is -2.18. The summed E-state index contributed by atoms with van der Waals surface area (Å²) in [6.07, 6.45) is 1.13. The van der Waals surface area contributed by atoms with Crippen molar-refractivity contribution in [1.82, 2.24) is 5.32 Å². The van der Waals surface area contributed by atoms with Gasteiger partial charge in [0.25, 0.3) is 0 Å². The summed E-state index contributed by atoms with van der Waals surface area (Å²) in [6, 6.07) is 19.7. The summed E-state index contributed by atoms with van der Waals surface area (Å²) in [5.41, 5.74) is 1.45. The third-order valence-electron chi connectivity index (χ3n) is 3.77. The molecule has 1 aromatic heterocycles. The van der Waals surface area contributed by atoms with E-state index in [9.17, 15) is 0 Å². The van der Waals surface area contributed by atoms with Gasteiger partial charge in [-0.25, -0.2) is 0 Å². The van der Waals surface area contributed by atoms with Crippen LogP contribution in [0.5, 0.6) is 0 Å². The Labute approximate surface area is 136 Å². The highest BCUT2D eigenvalue weighted by Crippen LogP contribution is 2.35. The molecule has 0 amide bonds. The Morgan fingerprint density at radius 1 is 1.00 bits per heavy atom. The van der Waals surface area contributed by atoms with Crippen molar-refractivity contribution in [3.05, 3.63) is 70.4 Å². The Bertz CT molecular complexity index is 673. The maximum Gasteiger partial charge on any atom is 0.0202 e. The highest BCUT2D eigenvalue weighted by Gasteiger charge is 2.16. The molecule has 0 saturated carbocycles. The van der Waals surface area contributed by atoms with Gasteiger partial charge in [0.15, 0.2) is 0 Å². The molecular weight excluding hydrogens is 298 g/mol. The lowest BCUT2D eigenvalue weighted by atomic mass is 9.90. The van der Waals surface area contributed by atoms with Crippen LogP contribution in [0, 0.1) is 0 Å². The Morgan fingerprint density at radius 2 is 1.81 bits per heavy atom. The lowest BCUT2D eigenvalue weighted by molar-refractivity contribution is 0.671. The summed E-state index contributed by atoms with van der Waals surface area (Å²) in [5, 5.41) is 8.16. The molecule has 1 heterocycles. The molecule has 21 heavy (non-hydrogen) atoms. The third kappa shape index (κ3) is 3.46. The first kappa shape index (κ1) is 16.0. The molecule has 0 saturated heterocycles. The molecule has 0 fully saturated rings. The fourth-order valence-corrected chi connectivity index (χ4v) is 3.66. The number of rotatable bonds is 5. The minimum Gasteiger partial charge on any atom is -0.320 e. The van der Waals surface area contributed by atoms with Crippen LogP contribution in [0.2, 0.25) is 0 Å². The molecular formula is C18H20ClNS. The van der Waals surface area contributed by atoms with Crippen LogP contribution in [0.15, 0.2) is 60.0 Å². The molecule has 0 aliphatic heterocycles. The van der Waals surface area contributed by atoms with Crippen LogP contribution in [0.4, 0.5) is 0 Å². The van der Waals surface area contributed by atoms with E-state index in [2.05, 4.69) is 65.3 Å². The number of thiophene rings is 1. The predicted octanol–water partition coefficient (Wildman–Crippen LogP) is 5.06. The van der Waals surface area contributed by atoms with Crippen LogP contribution in [0.25, 0.3) is 10.8 Å². The van der Waals surface area contributed by atoms with Crippen LogP contribution in [0.1, 0.15) is 22.8 Å². The Balaban J connectivity index is 0.00000161.